The summed E-state index contributed by atoms with van der Waals surface area (Å²) in [5.74, 6) is -1.06. The molecular formula is C21H17NO4S. The van der Waals surface area contributed by atoms with Crippen molar-refractivity contribution in [1.29, 1.82) is 0 Å². The molecule has 1 aromatic heterocycles. The van der Waals surface area contributed by atoms with Crippen molar-refractivity contribution >= 4 is 34.7 Å². The first kappa shape index (κ1) is 18.5. The summed E-state index contributed by atoms with van der Waals surface area (Å²) in [4.78, 5) is 36.8. The van der Waals surface area contributed by atoms with Crippen LogP contribution in [0.15, 0.2) is 66.0 Å². The van der Waals surface area contributed by atoms with Crippen LogP contribution in [-0.2, 0) is 4.74 Å². The molecule has 1 heterocycles. The molecule has 1 N–H and O–H groups in total. The third-order valence-corrected chi connectivity index (χ3v) is 4.70. The van der Waals surface area contributed by atoms with Crippen molar-refractivity contribution in [3.05, 3.63) is 87.6 Å². The predicted molar refractivity (Wildman–Crippen MR) is 105 cm³/mol. The smallest absolute Gasteiger partial charge is 0.338 e. The second-order valence-corrected chi connectivity index (χ2v) is 6.82. The Morgan fingerprint density at radius 3 is 2.22 bits per heavy atom. The van der Waals surface area contributed by atoms with E-state index in [4.69, 9.17) is 4.74 Å². The quantitative estimate of drug-likeness (QED) is 0.510. The number of Topliss-reactive ketones (excluding diaryl/α,β-unsaturated/α-hetero) is 1. The van der Waals surface area contributed by atoms with Crippen LogP contribution in [0, 0.1) is 6.92 Å². The highest BCUT2D eigenvalue weighted by Crippen LogP contribution is 2.15. The van der Waals surface area contributed by atoms with Crippen molar-refractivity contribution in [3.8, 4) is 0 Å². The molecule has 0 spiro atoms. The fraction of sp³-hybridized carbons (Fsp3) is 0.0952. The molecule has 0 aliphatic rings. The summed E-state index contributed by atoms with van der Waals surface area (Å²) in [6.45, 7) is 1.61. The van der Waals surface area contributed by atoms with Gasteiger partial charge in [0, 0.05) is 11.3 Å². The number of anilines is 1. The average molecular weight is 379 g/mol. The Hall–Kier alpha value is -3.25. The van der Waals surface area contributed by atoms with Crippen molar-refractivity contribution in [1.82, 2.24) is 0 Å². The van der Waals surface area contributed by atoms with Gasteiger partial charge >= 0.3 is 5.97 Å². The van der Waals surface area contributed by atoms with Crippen LogP contribution >= 0.6 is 11.3 Å². The molecule has 0 saturated heterocycles. The Balaban J connectivity index is 1.55. The van der Waals surface area contributed by atoms with Crippen LogP contribution in [0.1, 0.15) is 36.0 Å². The van der Waals surface area contributed by atoms with E-state index in [0.29, 0.717) is 21.7 Å². The highest BCUT2D eigenvalue weighted by Gasteiger charge is 2.12. The topological polar surface area (TPSA) is 72.5 Å². The highest BCUT2D eigenvalue weighted by atomic mass is 32.1. The number of aryl methyl sites for hydroxylation is 1. The number of rotatable bonds is 6. The number of hydrogen-bond donors (Lipinski definition) is 1. The minimum absolute atomic E-state index is 0.205. The zero-order valence-electron chi connectivity index (χ0n) is 14.6. The van der Waals surface area contributed by atoms with Gasteiger partial charge in [0.25, 0.3) is 5.91 Å². The second-order valence-electron chi connectivity index (χ2n) is 5.87. The third kappa shape index (κ3) is 4.89. The van der Waals surface area contributed by atoms with Gasteiger partial charge in [0.15, 0.2) is 12.4 Å². The fourth-order valence-electron chi connectivity index (χ4n) is 2.33. The van der Waals surface area contributed by atoms with Gasteiger partial charge in [-0.1, -0.05) is 35.9 Å². The molecule has 0 fully saturated rings. The zero-order valence-corrected chi connectivity index (χ0v) is 15.4. The Bertz CT molecular complexity index is 945. The largest absolute Gasteiger partial charge is 0.454 e. The van der Waals surface area contributed by atoms with E-state index >= 15 is 0 Å². The maximum Gasteiger partial charge on any atom is 0.338 e. The number of esters is 1. The number of hydrogen-bond acceptors (Lipinski definition) is 5. The normalized spacial score (nSPS) is 10.3. The van der Waals surface area contributed by atoms with E-state index in [2.05, 4.69) is 5.32 Å². The number of carbonyl (C=O) groups excluding carboxylic acids is 3. The number of thiophene rings is 1. The van der Waals surface area contributed by atoms with Gasteiger partial charge in [-0.05, 0) is 42.6 Å². The second kappa shape index (κ2) is 8.42. The molecular weight excluding hydrogens is 362 g/mol. The summed E-state index contributed by atoms with van der Waals surface area (Å²) in [5.41, 5.74) is 2.43. The van der Waals surface area contributed by atoms with Gasteiger partial charge in [-0.2, -0.15) is 0 Å². The number of amides is 1. The van der Waals surface area contributed by atoms with Gasteiger partial charge < -0.3 is 10.1 Å². The molecule has 0 atom stereocenters. The summed E-state index contributed by atoms with van der Waals surface area (Å²) in [6.07, 6.45) is 0. The number of benzene rings is 2. The Morgan fingerprint density at radius 2 is 1.59 bits per heavy atom. The molecule has 2 aromatic carbocycles. The van der Waals surface area contributed by atoms with Gasteiger partial charge in [0.1, 0.15) is 0 Å². The molecule has 5 nitrogen and oxygen atoms in total. The summed E-state index contributed by atoms with van der Waals surface area (Å²) in [6, 6.07) is 16.9. The molecule has 136 valence electrons. The van der Waals surface area contributed by atoms with Crippen LogP contribution in [0.2, 0.25) is 0 Å². The lowest BCUT2D eigenvalue weighted by atomic mass is 10.1. The standard InChI is InChI=1S/C21H17NO4S/c1-14-4-6-15(7-5-14)18(23)13-26-21(25)16-8-10-17(11-9-16)22-20(24)19-3-2-12-27-19/h2-12H,13H2,1H3,(H,22,24). The van der Waals surface area contributed by atoms with E-state index in [1.807, 2.05) is 24.4 Å². The van der Waals surface area contributed by atoms with E-state index in [1.165, 1.54) is 11.3 Å². The highest BCUT2D eigenvalue weighted by molar-refractivity contribution is 7.12. The van der Waals surface area contributed by atoms with E-state index in [-0.39, 0.29) is 18.3 Å². The lowest BCUT2D eigenvalue weighted by molar-refractivity contribution is 0.0475. The zero-order chi connectivity index (χ0) is 19.2. The SMILES string of the molecule is Cc1ccc(C(=O)COC(=O)c2ccc(NC(=O)c3cccs3)cc2)cc1. The van der Waals surface area contributed by atoms with Crippen LogP contribution in [0.5, 0.6) is 0 Å². The van der Waals surface area contributed by atoms with Gasteiger partial charge in [-0.3, -0.25) is 9.59 Å². The molecule has 0 bridgehead atoms. The maximum absolute atomic E-state index is 12.1. The summed E-state index contributed by atoms with van der Waals surface area (Å²) in [7, 11) is 0. The molecule has 1 amide bonds. The lowest BCUT2D eigenvalue weighted by Gasteiger charge is -2.07. The molecule has 0 aliphatic heterocycles. The monoisotopic (exact) mass is 379 g/mol. The van der Waals surface area contributed by atoms with E-state index in [0.717, 1.165) is 5.56 Å². The third-order valence-electron chi connectivity index (χ3n) is 3.83. The van der Waals surface area contributed by atoms with E-state index in [9.17, 15) is 14.4 Å². The van der Waals surface area contributed by atoms with E-state index < -0.39 is 5.97 Å². The Morgan fingerprint density at radius 1 is 0.926 bits per heavy atom. The van der Waals surface area contributed by atoms with Gasteiger partial charge in [-0.15, -0.1) is 11.3 Å². The Labute approximate surface area is 160 Å². The van der Waals surface area contributed by atoms with Crippen LogP contribution in [-0.4, -0.2) is 24.3 Å². The number of carbonyl (C=O) groups is 3. The molecule has 6 heteroatoms. The Kier molecular flexibility index (Phi) is 5.78. The van der Waals surface area contributed by atoms with Crippen LogP contribution < -0.4 is 5.32 Å². The molecule has 0 aliphatic carbocycles. The molecule has 0 unspecified atom stereocenters. The molecule has 27 heavy (non-hydrogen) atoms. The number of nitrogens with one attached hydrogen (secondary N) is 1. The average Bonchev–Trinajstić information content (AvgIpc) is 3.22. The van der Waals surface area contributed by atoms with Crippen LogP contribution in [0.3, 0.4) is 0 Å². The van der Waals surface area contributed by atoms with E-state index in [1.54, 1.807) is 48.5 Å². The number of ketones is 1. The summed E-state index contributed by atoms with van der Waals surface area (Å²) < 4.78 is 5.08. The van der Waals surface area contributed by atoms with Crippen molar-refractivity contribution in [2.45, 2.75) is 6.92 Å². The van der Waals surface area contributed by atoms with Crippen molar-refractivity contribution in [3.63, 3.8) is 0 Å². The van der Waals surface area contributed by atoms with Crippen molar-refractivity contribution in [2.24, 2.45) is 0 Å². The minimum atomic E-state index is -0.591. The first-order chi connectivity index (χ1) is 13.0. The van der Waals surface area contributed by atoms with Gasteiger partial charge in [0.2, 0.25) is 0 Å². The fourth-order valence-corrected chi connectivity index (χ4v) is 2.95. The minimum Gasteiger partial charge on any atom is -0.454 e. The van der Waals surface area contributed by atoms with Crippen LogP contribution in [0.4, 0.5) is 5.69 Å². The predicted octanol–water partition coefficient (Wildman–Crippen LogP) is 4.35. The van der Waals surface area contributed by atoms with Crippen molar-refractivity contribution < 1.29 is 19.1 Å². The van der Waals surface area contributed by atoms with Crippen LogP contribution in [0.25, 0.3) is 0 Å². The summed E-state index contributed by atoms with van der Waals surface area (Å²) in [5, 5.41) is 4.58. The lowest BCUT2D eigenvalue weighted by Crippen LogP contribution is -2.14. The molecule has 3 aromatic rings. The molecule has 0 saturated carbocycles. The maximum atomic E-state index is 12.1. The summed E-state index contributed by atoms with van der Waals surface area (Å²) >= 11 is 1.35. The first-order valence-electron chi connectivity index (χ1n) is 8.25. The van der Waals surface area contributed by atoms with Crippen molar-refractivity contribution in [2.75, 3.05) is 11.9 Å². The molecule has 0 radical (unpaired) electrons. The van der Waals surface area contributed by atoms with Gasteiger partial charge in [0.05, 0.1) is 10.4 Å². The first-order valence-corrected chi connectivity index (χ1v) is 9.13. The van der Waals surface area contributed by atoms with Gasteiger partial charge in [-0.25, -0.2) is 4.79 Å². The molecule has 3 rings (SSSR count). The number of ether oxygens (including phenoxy) is 1.